The molecule has 3 rings (SSSR count). The van der Waals surface area contributed by atoms with Gasteiger partial charge in [-0.2, -0.15) is 0 Å². The monoisotopic (exact) mass is 238 g/mol. The molecule has 0 saturated heterocycles. The van der Waals surface area contributed by atoms with Gasteiger partial charge in [-0.05, 0) is 42.9 Å². The lowest BCUT2D eigenvalue weighted by molar-refractivity contribution is 0.898. The third kappa shape index (κ3) is 2.53. The Morgan fingerprint density at radius 3 is 2.78 bits per heavy atom. The van der Waals surface area contributed by atoms with E-state index in [0.29, 0.717) is 0 Å². The number of nitrogens with one attached hydrogen (secondary N) is 1. The largest absolute Gasteiger partial charge is 0.370 e. The second-order valence-electron chi connectivity index (χ2n) is 4.82. The Bertz CT molecular complexity index is 520. The molecule has 0 amide bonds. The van der Waals surface area contributed by atoms with Crippen molar-refractivity contribution in [1.29, 1.82) is 0 Å². The first-order chi connectivity index (χ1) is 8.92. The SMILES string of the molecule is c1ccc(CCNc2ccc3c(n2)CCC3)cc1. The summed E-state index contributed by atoms with van der Waals surface area (Å²) in [6, 6.07) is 14.9. The molecule has 2 heteroatoms. The van der Waals surface area contributed by atoms with Crippen LogP contribution in [0.15, 0.2) is 42.5 Å². The van der Waals surface area contributed by atoms with Crippen LogP contribution in [0.3, 0.4) is 0 Å². The van der Waals surface area contributed by atoms with Crippen molar-refractivity contribution in [3.8, 4) is 0 Å². The second-order valence-corrected chi connectivity index (χ2v) is 4.82. The lowest BCUT2D eigenvalue weighted by Crippen LogP contribution is -2.07. The smallest absolute Gasteiger partial charge is 0.126 e. The van der Waals surface area contributed by atoms with E-state index in [0.717, 1.165) is 25.2 Å². The summed E-state index contributed by atoms with van der Waals surface area (Å²) in [5.74, 6) is 1.02. The van der Waals surface area contributed by atoms with Crippen molar-refractivity contribution >= 4 is 5.82 Å². The van der Waals surface area contributed by atoms with E-state index in [-0.39, 0.29) is 0 Å². The highest BCUT2D eigenvalue weighted by molar-refractivity contribution is 5.40. The number of fused-ring (bicyclic) bond motifs is 1. The summed E-state index contributed by atoms with van der Waals surface area (Å²) in [6.45, 7) is 0.940. The Kier molecular flexibility index (Phi) is 3.26. The maximum atomic E-state index is 4.67. The molecular formula is C16H18N2. The summed E-state index contributed by atoms with van der Waals surface area (Å²) in [4.78, 5) is 4.67. The van der Waals surface area contributed by atoms with Crippen LogP contribution in [0.1, 0.15) is 23.2 Å². The van der Waals surface area contributed by atoms with Crippen molar-refractivity contribution in [3.05, 3.63) is 59.3 Å². The molecule has 0 fully saturated rings. The molecule has 1 N–H and O–H groups in total. The summed E-state index contributed by atoms with van der Waals surface area (Å²) in [6.07, 6.45) is 4.64. The molecule has 0 spiro atoms. The minimum atomic E-state index is 0.940. The Labute approximate surface area is 108 Å². The lowest BCUT2D eigenvalue weighted by atomic mass is 10.1. The van der Waals surface area contributed by atoms with Crippen LogP contribution in [0, 0.1) is 0 Å². The molecule has 0 unspecified atom stereocenters. The Morgan fingerprint density at radius 2 is 1.89 bits per heavy atom. The molecule has 0 aliphatic heterocycles. The van der Waals surface area contributed by atoms with Gasteiger partial charge in [-0.15, -0.1) is 0 Å². The number of hydrogen-bond donors (Lipinski definition) is 1. The van der Waals surface area contributed by atoms with Crippen LogP contribution < -0.4 is 5.32 Å². The summed E-state index contributed by atoms with van der Waals surface area (Å²) < 4.78 is 0. The number of nitrogens with zero attached hydrogens (tertiary/aromatic N) is 1. The van der Waals surface area contributed by atoms with E-state index in [9.17, 15) is 0 Å². The first kappa shape index (κ1) is 11.3. The van der Waals surface area contributed by atoms with Gasteiger partial charge in [0.1, 0.15) is 5.82 Å². The summed E-state index contributed by atoms with van der Waals surface area (Å²) in [5, 5.41) is 3.41. The van der Waals surface area contributed by atoms with Gasteiger partial charge in [-0.1, -0.05) is 36.4 Å². The van der Waals surface area contributed by atoms with Gasteiger partial charge in [0.15, 0.2) is 0 Å². The van der Waals surface area contributed by atoms with Gasteiger partial charge in [0.25, 0.3) is 0 Å². The van der Waals surface area contributed by atoms with Gasteiger partial charge in [0.05, 0.1) is 0 Å². The molecule has 0 saturated carbocycles. The molecule has 1 aliphatic rings. The van der Waals surface area contributed by atoms with Crippen LogP contribution in [-0.2, 0) is 19.3 Å². The number of benzene rings is 1. The Hall–Kier alpha value is -1.83. The van der Waals surface area contributed by atoms with E-state index >= 15 is 0 Å². The number of aryl methyl sites for hydroxylation is 2. The van der Waals surface area contributed by atoms with Crippen molar-refractivity contribution in [2.75, 3.05) is 11.9 Å². The minimum absolute atomic E-state index is 0.940. The van der Waals surface area contributed by atoms with Crippen LogP contribution in [-0.4, -0.2) is 11.5 Å². The normalized spacial score (nSPS) is 13.3. The van der Waals surface area contributed by atoms with Crippen molar-refractivity contribution in [2.45, 2.75) is 25.7 Å². The highest BCUT2D eigenvalue weighted by atomic mass is 15.0. The van der Waals surface area contributed by atoms with Crippen molar-refractivity contribution < 1.29 is 0 Å². The molecule has 92 valence electrons. The molecule has 0 radical (unpaired) electrons. The maximum absolute atomic E-state index is 4.67. The third-order valence-corrected chi connectivity index (χ3v) is 3.49. The first-order valence-electron chi connectivity index (χ1n) is 6.68. The van der Waals surface area contributed by atoms with E-state index in [1.165, 1.54) is 29.7 Å². The molecule has 18 heavy (non-hydrogen) atoms. The zero-order chi connectivity index (χ0) is 12.2. The molecule has 1 aromatic carbocycles. The average Bonchev–Trinajstić information content (AvgIpc) is 2.87. The fourth-order valence-electron chi connectivity index (χ4n) is 2.50. The van der Waals surface area contributed by atoms with Crippen LogP contribution >= 0.6 is 0 Å². The summed E-state index contributed by atoms with van der Waals surface area (Å²) in [7, 11) is 0. The zero-order valence-electron chi connectivity index (χ0n) is 10.5. The molecule has 0 atom stereocenters. The molecule has 1 aliphatic carbocycles. The van der Waals surface area contributed by atoms with Gasteiger partial charge in [-0.25, -0.2) is 4.98 Å². The molecule has 1 heterocycles. The van der Waals surface area contributed by atoms with Crippen LogP contribution in [0.2, 0.25) is 0 Å². The maximum Gasteiger partial charge on any atom is 0.126 e. The molecule has 0 bridgehead atoms. The van der Waals surface area contributed by atoms with Gasteiger partial charge in [0, 0.05) is 12.2 Å². The second kappa shape index (κ2) is 5.21. The van der Waals surface area contributed by atoms with E-state index in [1.54, 1.807) is 0 Å². The molecular weight excluding hydrogens is 220 g/mol. The molecule has 1 aromatic heterocycles. The van der Waals surface area contributed by atoms with Crippen LogP contribution in [0.25, 0.3) is 0 Å². The fourth-order valence-corrected chi connectivity index (χ4v) is 2.50. The molecule has 2 nitrogen and oxygen atoms in total. The van der Waals surface area contributed by atoms with Gasteiger partial charge < -0.3 is 5.32 Å². The number of pyridine rings is 1. The standard InChI is InChI=1S/C16H18N2/c1-2-5-13(6-3-1)11-12-17-16-10-9-14-7-4-8-15(14)18-16/h1-3,5-6,9-10H,4,7-8,11-12H2,(H,17,18). The topological polar surface area (TPSA) is 24.9 Å². The van der Waals surface area contributed by atoms with E-state index in [1.807, 2.05) is 0 Å². The van der Waals surface area contributed by atoms with Crippen molar-refractivity contribution in [1.82, 2.24) is 4.98 Å². The summed E-state index contributed by atoms with van der Waals surface area (Å²) in [5.41, 5.74) is 4.09. The fraction of sp³-hybridized carbons (Fsp3) is 0.312. The number of rotatable bonds is 4. The van der Waals surface area contributed by atoms with Gasteiger partial charge in [0.2, 0.25) is 0 Å². The Balaban J connectivity index is 1.57. The quantitative estimate of drug-likeness (QED) is 0.884. The van der Waals surface area contributed by atoms with Crippen LogP contribution in [0.5, 0.6) is 0 Å². The predicted molar refractivity (Wildman–Crippen MR) is 74.9 cm³/mol. The van der Waals surface area contributed by atoms with Gasteiger partial charge >= 0.3 is 0 Å². The third-order valence-electron chi connectivity index (χ3n) is 3.49. The summed E-state index contributed by atoms with van der Waals surface area (Å²) >= 11 is 0. The number of aromatic nitrogens is 1. The van der Waals surface area contributed by atoms with Crippen molar-refractivity contribution in [3.63, 3.8) is 0 Å². The Morgan fingerprint density at radius 1 is 1.00 bits per heavy atom. The van der Waals surface area contributed by atoms with Crippen molar-refractivity contribution in [2.24, 2.45) is 0 Å². The average molecular weight is 238 g/mol. The minimum Gasteiger partial charge on any atom is -0.370 e. The highest BCUT2D eigenvalue weighted by Crippen LogP contribution is 2.21. The number of hydrogen-bond acceptors (Lipinski definition) is 2. The van der Waals surface area contributed by atoms with Crippen LogP contribution in [0.4, 0.5) is 5.82 Å². The van der Waals surface area contributed by atoms with E-state index < -0.39 is 0 Å². The van der Waals surface area contributed by atoms with Gasteiger partial charge in [-0.3, -0.25) is 0 Å². The predicted octanol–water partition coefficient (Wildman–Crippen LogP) is 3.22. The number of anilines is 1. The first-order valence-corrected chi connectivity index (χ1v) is 6.68. The lowest BCUT2D eigenvalue weighted by Gasteiger charge is -2.07. The van der Waals surface area contributed by atoms with E-state index in [2.05, 4.69) is 52.8 Å². The highest BCUT2D eigenvalue weighted by Gasteiger charge is 2.11. The molecule has 2 aromatic rings. The zero-order valence-corrected chi connectivity index (χ0v) is 10.5. The van der Waals surface area contributed by atoms with E-state index in [4.69, 9.17) is 0 Å².